The van der Waals surface area contributed by atoms with Crippen molar-refractivity contribution >= 4 is 28.9 Å². The summed E-state index contributed by atoms with van der Waals surface area (Å²) < 4.78 is 10.8. The molecule has 1 N–H and O–H groups in total. The normalized spacial score (nSPS) is 10.6. The van der Waals surface area contributed by atoms with E-state index in [-0.39, 0.29) is 0 Å². The van der Waals surface area contributed by atoms with Crippen molar-refractivity contribution < 1.29 is 9.15 Å². The summed E-state index contributed by atoms with van der Waals surface area (Å²) in [6.07, 6.45) is 0. The molecule has 0 saturated carbocycles. The number of anilines is 1. The van der Waals surface area contributed by atoms with Crippen LogP contribution in [-0.4, -0.2) is 17.3 Å². The quantitative estimate of drug-likeness (QED) is 0.725. The van der Waals surface area contributed by atoms with Crippen LogP contribution >= 0.6 is 23.2 Å². The third kappa shape index (κ3) is 3.75. The molecule has 5 nitrogen and oxygen atoms in total. The SMILES string of the molecule is COc1ccc(-c2nnc(CNc3ccc(Cl)c(Cl)c3)o2)cc1. The van der Waals surface area contributed by atoms with E-state index in [1.165, 1.54) is 0 Å². The minimum absolute atomic E-state index is 0.390. The van der Waals surface area contributed by atoms with E-state index in [0.717, 1.165) is 17.0 Å². The van der Waals surface area contributed by atoms with Crippen molar-refractivity contribution in [2.24, 2.45) is 0 Å². The fourth-order valence-electron chi connectivity index (χ4n) is 1.96. The van der Waals surface area contributed by atoms with Gasteiger partial charge in [-0.15, -0.1) is 10.2 Å². The van der Waals surface area contributed by atoms with E-state index in [9.17, 15) is 0 Å². The highest BCUT2D eigenvalue weighted by Gasteiger charge is 2.09. The van der Waals surface area contributed by atoms with Gasteiger partial charge in [-0.2, -0.15) is 0 Å². The number of nitrogens with zero attached hydrogens (tertiary/aromatic N) is 2. The van der Waals surface area contributed by atoms with E-state index in [1.54, 1.807) is 19.2 Å². The zero-order valence-electron chi connectivity index (χ0n) is 12.2. The van der Waals surface area contributed by atoms with E-state index in [0.29, 0.717) is 28.4 Å². The van der Waals surface area contributed by atoms with Crippen LogP contribution in [0.15, 0.2) is 46.9 Å². The van der Waals surface area contributed by atoms with Crippen molar-refractivity contribution in [3.8, 4) is 17.2 Å². The molecule has 0 unspecified atom stereocenters. The number of ether oxygens (including phenoxy) is 1. The number of methoxy groups -OCH3 is 1. The van der Waals surface area contributed by atoms with Crippen molar-refractivity contribution in [3.63, 3.8) is 0 Å². The summed E-state index contributed by atoms with van der Waals surface area (Å²) in [4.78, 5) is 0. The second-order valence-electron chi connectivity index (χ2n) is 4.71. The molecule has 0 spiro atoms. The first-order valence-corrected chi connectivity index (χ1v) is 7.57. The van der Waals surface area contributed by atoms with Gasteiger partial charge in [0.25, 0.3) is 0 Å². The zero-order chi connectivity index (χ0) is 16.2. The third-order valence-corrected chi connectivity index (χ3v) is 3.91. The van der Waals surface area contributed by atoms with E-state index >= 15 is 0 Å². The van der Waals surface area contributed by atoms with Gasteiger partial charge in [0, 0.05) is 11.3 Å². The Morgan fingerprint density at radius 1 is 1.04 bits per heavy atom. The second-order valence-corrected chi connectivity index (χ2v) is 5.53. The molecule has 3 aromatic rings. The molecule has 118 valence electrons. The van der Waals surface area contributed by atoms with Gasteiger partial charge in [0.1, 0.15) is 5.75 Å². The van der Waals surface area contributed by atoms with Gasteiger partial charge < -0.3 is 14.5 Å². The minimum Gasteiger partial charge on any atom is -0.497 e. The summed E-state index contributed by atoms with van der Waals surface area (Å²) in [5.74, 6) is 1.70. The molecule has 1 heterocycles. The molecule has 0 aliphatic carbocycles. The molecular weight excluding hydrogens is 337 g/mol. The average Bonchev–Trinajstić information content (AvgIpc) is 3.05. The van der Waals surface area contributed by atoms with Crippen molar-refractivity contribution in [3.05, 3.63) is 58.4 Å². The Labute approximate surface area is 143 Å². The number of aromatic nitrogens is 2. The van der Waals surface area contributed by atoms with Crippen molar-refractivity contribution in [2.45, 2.75) is 6.54 Å². The highest BCUT2D eigenvalue weighted by Crippen LogP contribution is 2.25. The monoisotopic (exact) mass is 349 g/mol. The van der Waals surface area contributed by atoms with Crippen LogP contribution in [0, 0.1) is 0 Å². The molecule has 2 aromatic carbocycles. The molecule has 0 amide bonds. The Kier molecular flexibility index (Phi) is 4.69. The molecule has 0 radical (unpaired) electrons. The molecule has 7 heteroatoms. The molecule has 0 aliphatic rings. The van der Waals surface area contributed by atoms with Crippen molar-refractivity contribution in [1.29, 1.82) is 0 Å². The number of rotatable bonds is 5. The lowest BCUT2D eigenvalue weighted by molar-refractivity contribution is 0.415. The summed E-state index contributed by atoms with van der Waals surface area (Å²) in [5.41, 5.74) is 1.66. The molecule has 0 fully saturated rings. The summed E-state index contributed by atoms with van der Waals surface area (Å²) in [7, 11) is 1.62. The van der Waals surface area contributed by atoms with E-state index in [2.05, 4.69) is 15.5 Å². The smallest absolute Gasteiger partial charge is 0.247 e. The van der Waals surface area contributed by atoms with E-state index in [1.807, 2.05) is 30.3 Å². The van der Waals surface area contributed by atoms with Crippen LogP contribution in [0.3, 0.4) is 0 Å². The maximum atomic E-state index is 5.97. The van der Waals surface area contributed by atoms with Crippen LogP contribution in [0.25, 0.3) is 11.5 Å². The highest BCUT2D eigenvalue weighted by molar-refractivity contribution is 6.42. The second kappa shape index (κ2) is 6.89. The zero-order valence-corrected chi connectivity index (χ0v) is 13.7. The van der Waals surface area contributed by atoms with Gasteiger partial charge in [0.05, 0.1) is 23.7 Å². The first-order valence-electron chi connectivity index (χ1n) is 6.81. The molecular formula is C16H13Cl2N3O2. The molecule has 23 heavy (non-hydrogen) atoms. The first-order chi connectivity index (χ1) is 11.2. The van der Waals surface area contributed by atoms with Crippen LogP contribution in [0.5, 0.6) is 5.75 Å². The lowest BCUT2D eigenvalue weighted by atomic mass is 10.2. The Bertz CT molecular complexity index is 803. The van der Waals surface area contributed by atoms with Gasteiger partial charge in [-0.3, -0.25) is 0 Å². The summed E-state index contributed by atoms with van der Waals surface area (Å²) in [6.45, 7) is 0.390. The highest BCUT2D eigenvalue weighted by atomic mass is 35.5. The van der Waals surface area contributed by atoms with Gasteiger partial charge in [-0.25, -0.2) is 0 Å². The third-order valence-electron chi connectivity index (χ3n) is 3.17. The van der Waals surface area contributed by atoms with Crippen molar-refractivity contribution in [2.75, 3.05) is 12.4 Å². The Balaban J connectivity index is 1.67. The maximum absolute atomic E-state index is 5.97. The molecule has 3 rings (SSSR count). The number of benzene rings is 2. The lowest BCUT2D eigenvalue weighted by Gasteiger charge is -2.04. The van der Waals surface area contributed by atoms with E-state index in [4.69, 9.17) is 32.4 Å². The van der Waals surface area contributed by atoms with Gasteiger partial charge in [0.2, 0.25) is 11.8 Å². The first kappa shape index (κ1) is 15.6. The van der Waals surface area contributed by atoms with Gasteiger partial charge in [-0.05, 0) is 42.5 Å². The molecule has 0 saturated heterocycles. The van der Waals surface area contributed by atoms with Gasteiger partial charge in [0.15, 0.2) is 0 Å². The van der Waals surface area contributed by atoms with Crippen LogP contribution in [0.4, 0.5) is 5.69 Å². The number of hydrogen-bond donors (Lipinski definition) is 1. The van der Waals surface area contributed by atoms with Crippen LogP contribution in [0.1, 0.15) is 5.89 Å². The Morgan fingerprint density at radius 3 is 2.52 bits per heavy atom. The minimum atomic E-state index is 0.390. The fraction of sp³-hybridized carbons (Fsp3) is 0.125. The molecule has 0 atom stereocenters. The average molecular weight is 350 g/mol. The summed E-state index contributed by atoms with van der Waals surface area (Å²) in [6, 6.07) is 12.7. The number of hydrogen-bond acceptors (Lipinski definition) is 5. The van der Waals surface area contributed by atoms with Crippen LogP contribution in [0.2, 0.25) is 10.0 Å². The predicted molar refractivity (Wildman–Crippen MR) is 90.1 cm³/mol. The van der Waals surface area contributed by atoms with Crippen LogP contribution in [-0.2, 0) is 6.54 Å². The maximum Gasteiger partial charge on any atom is 0.247 e. The standard InChI is InChI=1S/C16H13Cl2N3O2/c1-22-12-5-2-10(3-6-12)16-21-20-15(23-16)9-19-11-4-7-13(17)14(18)8-11/h2-8,19H,9H2,1H3. The number of halogens is 2. The van der Waals surface area contributed by atoms with Crippen LogP contribution < -0.4 is 10.1 Å². The largest absolute Gasteiger partial charge is 0.497 e. The Hall–Kier alpha value is -2.24. The molecule has 0 bridgehead atoms. The summed E-state index contributed by atoms with van der Waals surface area (Å²) in [5, 5.41) is 12.2. The topological polar surface area (TPSA) is 60.2 Å². The summed E-state index contributed by atoms with van der Waals surface area (Å²) >= 11 is 11.9. The van der Waals surface area contributed by atoms with Crippen molar-refractivity contribution in [1.82, 2.24) is 10.2 Å². The molecule has 0 aliphatic heterocycles. The number of nitrogens with one attached hydrogen (secondary N) is 1. The fourth-order valence-corrected chi connectivity index (χ4v) is 2.26. The van der Waals surface area contributed by atoms with Gasteiger partial charge >= 0.3 is 0 Å². The molecule has 1 aromatic heterocycles. The Morgan fingerprint density at radius 2 is 1.83 bits per heavy atom. The predicted octanol–water partition coefficient (Wildman–Crippen LogP) is 4.66. The lowest BCUT2D eigenvalue weighted by Crippen LogP contribution is -1.99. The van der Waals surface area contributed by atoms with E-state index < -0.39 is 0 Å². The van der Waals surface area contributed by atoms with Gasteiger partial charge in [-0.1, -0.05) is 23.2 Å².